The summed E-state index contributed by atoms with van der Waals surface area (Å²) in [5, 5.41) is 29.1. The van der Waals surface area contributed by atoms with Crippen LogP contribution in [0.5, 0.6) is 0 Å². The number of thiazole rings is 1. The molecule has 3 amide bonds. The smallest absolute Gasteiger partial charge is 0.311 e. The number of carbonyl (C=O) groups excluding carboxylic acids is 3. The first kappa shape index (κ1) is 42.5. The van der Waals surface area contributed by atoms with Crippen LogP contribution in [0.3, 0.4) is 0 Å². The number of aliphatic hydroxyl groups excluding tert-OH is 1. The molecule has 1 aliphatic rings. The summed E-state index contributed by atoms with van der Waals surface area (Å²) < 4.78 is 13.9. The van der Waals surface area contributed by atoms with E-state index in [4.69, 9.17) is 0 Å². The number of amides is 3. The van der Waals surface area contributed by atoms with Crippen LogP contribution in [-0.2, 0) is 20.9 Å². The van der Waals surface area contributed by atoms with Crippen molar-refractivity contribution in [3.8, 4) is 0 Å². The van der Waals surface area contributed by atoms with Gasteiger partial charge >= 0.3 is 5.97 Å². The number of likely N-dealkylation sites (tertiary alicyclic amines) is 1. The number of nitrogens with zero attached hydrogens (tertiary/aromatic N) is 3. The van der Waals surface area contributed by atoms with E-state index in [0.717, 1.165) is 42.7 Å². The first-order chi connectivity index (χ1) is 25.7. The number of aromatic nitrogens is 1. The number of carbonyl (C=O) groups is 4. The second-order valence-electron chi connectivity index (χ2n) is 14.9. The number of carboxylic acid groups (broad SMARTS) is 1. The Morgan fingerprint density at radius 2 is 1.81 bits per heavy atom. The number of rotatable bonds is 18. The fourth-order valence-corrected chi connectivity index (χ4v) is 7.91. The molecule has 3 unspecified atom stereocenters. The van der Waals surface area contributed by atoms with Crippen molar-refractivity contribution in [3.05, 3.63) is 87.1 Å². The molecule has 11 nitrogen and oxygen atoms in total. The van der Waals surface area contributed by atoms with Gasteiger partial charge in [0.25, 0.3) is 5.91 Å². The van der Waals surface area contributed by atoms with Gasteiger partial charge in [0.1, 0.15) is 28.7 Å². The molecule has 2 heterocycles. The molecule has 3 aromatic rings. The summed E-state index contributed by atoms with van der Waals surface area (Å²) in [6.07, 6.45) is 2.49. The number of aliphatic carboxylic acids is 1. The molecule has 54 heavy (non-hydrogen) atoms. The molecule has 0 radical (unpaired) electrons. The molecule has 6 atom stereocenters. The van der Waals surface area contributed by atoms with Gasteiger partial charge in [-0.1, -0.05) is 76.9 Å². The van der Waals surface area contributed by atoms with Crippen LogP contribution in [0.2, 0.25) is 0 Å². The summed E-state index contributed by atoms with van der Waals surface area (Å²) in [5.74, 6) is -3.77. The number of aliphatic hydroxyl groups is 1. The molecule has 294 valence electrons. The van der Waals surface area contributed by atoms with E-state index in [2.05, 4.69) is 20.5 Å². The summed E-state index contributed by atoms with van der Waals surface area (Å²) in [7, 11) is 1.94. The number of piperidine rings is 1. The zero-order valence-electron chi connectivity index (χ0n) is 32.3. The highest BCUT2D eigenvalue weighted by Crippen LogP contribution is 2.30. The van der Waals surface area contributed by atoms with Gasteiger partial charge in [0.15, 0.2) is 0 Å². The van der Waals surface area contributed by atoms with E-state index < -0.39 is 41.8 Å². The first-order valence-electron chi connectivity index (χ1n) is 19.0. The van der Waals surface area contributed by atoms with Crippen molar-refractivity contribution < 1.29 is 33.8 Å². The maximum atomic E-state index is 14.7. The molecular weight excluding hydrogens is 710 g/mol. The standard InChI is InChI=1S/C41H56FN5O6S/c1-7-26(4)36(45-38(50)33-15-11-12-20-46(33)6)40(51)47(23-28-13-9-8-10-14-28)34(25(2)3)22-35(48)39-44-32(24-54-39)37(49)43-19-18-30(41(52)53)31-21-29(42)17-16-27(31)5/h8-10,13-14,16-17,21,24-26,30,33-36,48H,7,11-12,15,18-20,22-23H2,1-6H3,(H,43,49)(H,45,50)(H,52,53)/t26?,30-,33?,34-,35-,36?/m1/s1. The van der Waals surface area contributed by atoms with Gasteiger partial charge in [-0.15, -0.1) is 11.3 Å². The third-order valence-electron chi connectivity index (χ3n) is 10.6. The van der Waals surface area contributed by atoms with Gasteiger partial charge in [0, 0.05) is 30.9 Å². The second-order valence-corrected chi connectivity index (χ2v) is 15.8. The third kappa shape index (κ3) is 11.2. The highest BCUT2D eigenvalue weighted by Gasteiger charge is 2.38. The van der Waals surface area contributed by atoms with E-state index >= 15 is 0 Å². The normalized spacial score (nSPS) is 17.6. The van der Waals surface area contributed by atoms with Crippen molar-refractivity contribution >= 4 is 35.0 Å². The third-order valence-corrected chi connectivity index (χ3v) is 11.6. The van der Waals surface area contributed by atoms with Crippen LogP contribution in [-0.4, -0.2) is 87.0 Å². The minimum absolute atomic E-state index is 0.0120. The van der Waals surface area contributed by atoms with Crippen LogP contribution >= 0.6 is 11.3 Å². The van der Waals surface area contributed by atoms with Gasteiger partial charge in [-0.25, -0.2) is 9.37 Å². The number of aryl methyl sites for hydroxylation is 1. The highest BCUT2D eigenvalue weighted by atomic mass is 32.1. The number of halogens is 1. The molecule has 0 aliphatic carbocycles. The van der Waals surface area contributed by atoms with Crippen LogP contribution in [0.15, 0.2) is 53.9 Å². The zero-order chi connectivity index (χ0) is 39.5. The van der Waals surface area contributed by atoms with Crippen molar-refractivity contribution in [1.29, 1.82) is 0 Å². The van der Waals surface area contributed by atoms with Crippen molar-refractivity contribution in [2.24, 2.45) is 11.8 Å². The molecule has 0 saturated carbocycles. The average molecular weight is 766 g/mol. The molecule has 1 aromatic heterocycles. The Balaban J connectivity index is 1.50. The van der Waals surface area contributed by atoms with Gasteiger partial charge in [0.05, 0.1) is 12.0 Å². The van der Waals surface area contributed by atoms with E-state index in [1.54, 1.807) is 11.8 Å². The number of likely N-dealkylation sites (N-methyl/N-ethyl adjacent to an activating group) is 1. The molecule has 13 heteroatoms. The fourth-order valence-electron chi connectivity index (χ4n) is 7.11. The lowest BCUT2D eigenvalue weighted by Gasteiger charge is -2.40. The van der Waals surface area contributed by atoms with Gasteiger partial charge in [0.2, 0.25) is 11.8 Å². The number of hydrogen-bond donors (Lipinski definition) is 4. The van der Waals surface area contributed by atoms with E-state index in [-0.39, 0.29) is 61.3 Å². The largest absolute Gasteiger partial charge is 0.481 e. The molecule has 4 rings (SSSR count). The Morgan fingerprint density at radius 1 is 1.09 bits per heavy atom. The molecule has 2 aromatic carbocycles. The molecule has 1 aliphatic heterocycles. The fraction of sp³-hybridized carbons (Fsp3) is 0.537. The predicted molar refractivity (Wildman–Crippen MR) is 207 cm³/mol. The summed E-state index contributed by atoms with van der Waals surface area (Å²) >= 11 is 1.13. The Hall–Kier alpha value is -4.20. The summed E-state index contributed by atoms with van der Waals surface area (Å²) in [6.45, 7) is 10.8. The van der Waals surface area contributed by atoms with Crippen molar-refractivity contribution in [2.45, 2.75) is 110 Å². The molecule has 1 fully saturated rings. The SMILES string of the molecule is CCC(C)C(NC(=O)C1CCCCN1C)C(=O)N(Cc1ccccc1)[C@H](C[C@@H](O)c1nc(C(=O)NCC[C@@H](C(=O)O)c2cc(F)ccc2C)cs1)C(C)C. The summed E-state index contributed by atoms with van der Waals surface area (Å²) in [4.78, 5) is 61.7. The minimum Gasteiger partial charge on any atom is -0.481 e. The lowest BCUT2D eigenvalue weighted by Crippen LogP contribution is -2.58. The number of carboxylic acids is 1. The summed E-state index contributed by atoms with van der Waals surface area (Å²) in [6, 6.07) is 12.1. The molecule has 4 N–H and O–H groups in total. The van der Waals surface area contributed by atoms with E-state index in [0.29, 0.717) is 22.6 Å². The molecule has 0 spiro atoms. The maximum Gasteiger partial charge on any atom is 0.311 e. The molecular formula is C41H56FN5O6S. The van der Waals surface area contributed by atoms with Gasteiger partial charge in [-0.2, -0.15) is 0 Å². The molecule has 0 bridgehead atoms. The number of nitrogens with one attached hydrogen (secondary N) is 2. The number of benzene rings is 2. The van der Waals surface area contributed by atoms with E-state index in [9.17, 15) is 33.8 Å². The first-order valence-corrected chi connectivity index (χ1v) is 19.8. The van der Waals surface area contributed by atoms with Gasteiger partial charge < -0.3 is 25.7 Å². The lowest BCUT2D eigenvalue weighted by molar-refractivity contribution is -0.143. The Kier molecular flexibility index (Phi) is 15.7. The van der Waals surface area contributed by atoms with Gasteiger partial charge in [-0.3, -0.25) is 24.1 Å². The van der Waals surface area contributed by atoms with Crippen LogP contribution in [0, 0.1) is 24.6 Å². The Labute approximate surface area is 322 Å². The van der Waals surface area contributed by atoms with Crippen LogP contribution in [0.25, 0.3) is 0 Å². The number of hydrogen-bond acceptors (Lipinski definition) is 8. The minimum atomic E-state index is -1.12. The van der Waals surface area contributed by atoms with E-state index in [1.165, 1.54) is 23.6 Å². The van der Waals surface area contributed by atoms with Gasteiger partial charge in [-0.05, 0) is 80.4 Å². The Morgan fingerprint density at radius 3 is 2.46 bits per heavy atom. The maximum absolute atomic E-state index is 14.7. The van der Waals surface area contributed by atoms with Crippen molar-refractivity contribution in [2.75, 3.05) is 20.1 Å². The zero-order valence-corrected chi connectivity index (χ0v) is 33.1. The monoisotopic (exact) mass is 765 g/mol. The Bertz CT molecular complexity index is 1720. The van der Waals surface area contributed by atoms with Crippen molar-refractivity contribution in [1.82, 2.24) is 25.4 Å². The van der Waals surface area contributed by atoms with Crippen LogP contribution < -0.4 is 10.6 Å². The lowest BCUT2D eigenvalue weighted by atomic mass is 9.91. The average Bonchev–Trinajstić information content (AvgIpc) is 3.65. The highest BCUT2D eigenvalue weighted by molar-refractivity contribution is 7.09. The van der Waals surface area contributed by atoms with Crippen LogP contribution in [0.1, 0.15) is 110 Å². The quantitative estimate of drug-likeness (QED) is 0.122. The summed E-state index contributed by atoms with van der Waals surface area (Å²) in [5.41, 5.74) is 1.99. The second kappa shape index (κ2) is 19.9. The predicted octanol–water partition coefficient (Wildman–Crippen LogP) is 6.07. The van der Waals surface area contributed by atoms with Crippen LogP contribution in [0.4, 0.5) is 4.39 Å². The molecule has 1 saturated heterocycles. The van der Waals surface area contributed by atoms with E-state index in [1.807, 2.05) is 65.1 Å². The van der Waals surface area contributed by atoms with Crippen molar-refractivity contribution in [3.63, 3.8) is 0 Å². The topological polar surface area (TPSA) is 152 Å².